The van der Waals surface area contributed by atoms with Crippen LogP contribution in [0.3, 0.4) is 0 Å². The highest BCUT2D eigenvalue weighted by molar-refractivity contribution is 5.94. The number of carbonyl (C=O) groups is 1. The van der Waals surface area contributed by atoms with Gasteiger partial charge in [-0.3, -0.25) is 4.79 Å². The van der Waals surface area contributed by atoms with Gasteiger partial charge in [-0.15, -0.1) is 0 Å². The zero-order valence-corrected chi connectivity index (χ0v) is 12.1. The number of nitrogen functional groups attached to an aromatic ring is 1. The summed E-state index contributed by atoms with van der Waals surface area (Å²) in [7, 11) is 2.13. The number of anilines is 1. The Hall–Kier alpha value is -1.66. The van der Waals surface area contributed by atoms with Crippen LogP contribution < -0.4 is 16.6 Å². The Labute approximate surface area is 119 Å². The Morgan fingerprint density at radius 1 is 1.45 bits per heavy atom. The molecule has 1 aromatic heterocycles. The van der Waals surface area contributed by atoms with E-state index in [1.807, 2.05) is 6.92 Å². The summed E-state index contributed by atoms with van der Waals surface area (Å²) in [6.45, 7) is 4.79. The second-order valence-corrected chi connectivity index (χ2v) is 5.48. The maximum absolute atomic E-state index is 12.2. The zero-order valence-electron chi connectivity index (χ0n) is 12.1. The summed E-state index contributed by atoms with van der Waals surface area (Å²) < 4.78 is 0. The van der Waals surface area contributed by atoms with Crippen molar-refractivity contribution in [2.45, 2.75) is 19.8 Å². The van der Waals surface area contributed by atoms with Crippen LogP contribution in [0.5, 0.6) is 0 Å². The number of pyridine rings is 1. The summed E-state index contributed by atoms with van der Waals surface area (Å²) in [5.41, 5.74) is 3.84. The summed E-state index contributed by atoms with van der Waals surface area (Å²) in [5.74, 6) is 6.36. The van der Waals surface area contributed by atoms with Crippen LogP contribution >= 0.6 is 0 Å². The first-order valence-electron chi connectivity index (χ1n) is 7.00. The number of likely N-dealkylation sites (tertiary alicyclic amines) is 1. The van der Waals surface area contributed by atoms with Gasteiger partial charge in [0.05, 0.1) is 0 Å². The van der Waals surface area contributed by atoms with E-state index >= 15 is 0 Å². The first-order valence-corrected chi connectivity index (χ1v) is 7.00. The van der Waals surface area contributed by atoms with Crippen molar-refractivity contribution >= 4 is 11.7 Å². The number of carbonyl (C=O) groups excluding carboxylic acids is 1. The maximum atomic E-state index is 12.2. The number of nitrogens with zero attached hydrogens (tertiary/aromatic N) is 2. The number of hydrogen-bond acceptors (Lipinski definition) is 5. The third-order valence-electron chi connectivity index (χ3n) is 3.75. The molecule has 6 heteroatoms. The Bertz CT molecular complexity index is 469. The number of nitrogens with one attached hydrogen (secondary N) is 2. The Balaban J connectivity index is 1.90. The van der Waals surface area contributed by atoms with Gasteiger partial charge in [0.2, 0.25) is 0 Å². The minimum absolute atomic E-state index is 0.0640. The van der Waals surface area contributed by atoms with Crippen molar-refractivity contribution < 1.29 is 4.79 Å². The van der Waals surface area contributed by atoms with Gasteiger partial charge < -0.3 is 15.6 Å². The molecule has 2 heterocycles. The van der Waals surface area contributed by atoms with Gasteiger partial charge in [-0.05, 0) is 58.0 Å². The topological polar surface area (TPSA) is 83.3 Å². The lowest BCUT2D eigenvalue weighted by Gasteiger charge is -2.28. The van der Waals surface area contributed by atoms with Gasteiger partial charge in [0.1, 0.15) is 5.82 Å². The molecule has 20 heavy (non-hydrogen) atoms. The standard InChI is InChI=1S/C14H23N5O/c1-10-7-12(8-13(17-10)18-15)14(20)16-9-11-3-5-19(2)6-4-11/h7-8,11H,3-6,9,15H2,1-2H3,(H,16,20)(H,17,18). The molecule has 0 atom stereocenters. The summed E-state index contributed by atoms with van der Waals surface area (Å²) in [5, 5.41) is 3.01. The highest BCUT2D eigenvalue weighted by atomic mass is 16.1. The molecule has 1 aromatic rings. The fourth-order valence-corrected chi connectivity index (χ4v) is 2.48. The van der Waals surface area contributed by atoms with Gasteiger partial charge in [-0.25, -0.2) is 10.8 Å². The molecule has 2 rings (SSSR count). The van der Waals surface area contributed by atoms with Gasteiger partial charge in [-0.1, -0.05) is 0 Å². The third-order valence-corrected chi connectivity index (χ3v) is 3.75. The molecule has 0 bridgehead atoms. The molecule has 1 fully saturated rings. The quantitative estimate of drug-likeness (QED) is 0.559. The number of aryl methyl sites for hydroxylation is 1. The van der Waals surface area contributed by atoms with E-state index in [1.54, 1.807) is 12.1 Å². The van der Waals surface area contributed by atoms with E-state index in [9.17, 15) is 4.79 Å². The van der Waals surface area contributed by atoms with Crippen molar-refractivity contribution in [1.29, 1.82) is 0 Å². The molecule has 1 aliphatic heterocycles. The average Bonchev–Trinajstić information content (AvgIpc) is 2.45. The predicted octanol–water partition coefficient (Wildman–Crippen LogP) is 0.747. The van der Waals surface area contributed by atoms with Gasteiger partial charge in [0.25, 0.3) is 5.91 Å². The van der Waals surface area contributed by atoms with Crippen LogP contribution in [0.15, 0.2) is 12.1 Å². The molecule has 0 aliphatic carbocycles. The van der Waals surface area contributed by atoms with Crippen molar-refractivity contribution in [3.05, 3.63) is 23.4 Å². The van der Waals surface area contributed by atoms with E-state index in [1.165, 1.54) is 0 Å². The molecule has 1 amide bonds. The number of aromatic nitrogens is 1. The van der Waals surface area contributed by atoms with Crippen LogP contribution in [0, 0.1) is 12.8 Å². The molecule has 0 aromatic carbocycles. The van der Waals surface area contributed by atoms with E-state index in [0.29, 0.717) is 17.3 Å². The first-order chi connectivity index (χ1) is 9.58. The highest BCUT2D eigenvalue weighted by Gasteiger charge is 2.17. The minimum atomic E-state index is -0.0640. The number of nitrogens with two attached hydrogens (primary N) is 1. The van der Waals surface area contributed by atoms with Gasteiger partial charge in [-0.2, -0.15) is 0 Å². The van der Waals surface area contributed by atoms with Crippen LogP contribution in [0.2, 0.25) is 0 Å². The van der Waals surface area contributed by atoms with Crippen LogP contribution in [0.25, 0.3) is 0 Å². The SMILES string of the molecule is Cc1cc(C(=O)NCC2CCN(C)CC2)cc(NN)n1. The third kappa shape index (κ3) is 3.91. The fourth-order valence-electron chi connectivity index (χ4n) is 2.48. The lowest BCUT2D eigenvalue weighted by molar-refractivity contribution is 0.0939. The minimum Gasteiger partial charge on any atom is -0.352 e. The number of piperidine rings is 1. The average molecular weight is 277 g/mol. The smallest absolute Gasteiger partial charge is 0.251 e. The van der Waals surface area contributed by atoms with Crippen molar-refractivity contribution in [2.24, 2.45) is 11.8 Å². The fraction of sp³-hybridized carbons (Fsp3) is 0.571. The lowest BCUT2D eigenvalue weighted by atomic mass is 9.97. The van der Waals surface area contributed by atoms with Gasteiger partial charge >= 0.3 is 0 Å². The maximum Gasteiger partial charge on any atom is 0.251 e. The molecular formula is C14H23N5O. The second kappa shape index (κ2) is 6.67. The van der Waals surface area contributed by atoms with E-state index in [0.717, 1.165) is 38.2 Å². The monoisotopic (exact) mass is 277 g/mol. The normalized spacial score (nSPS) is 16.9. The predicted molar refractivity (Wildman–Crippen MR) is 79.3 cm³/mol. The lowest BCUT2D eigenvalue weighted by Crippen LogP contribution is -2.36. The highest BCUT2D eigenvalue weighted by Crippen LogP contribution is 2.15. The van der Waals surface area contributed by atoms with Gasteiger partial charge in [0, 0.05) is 17.8 Å². The summed E-state index contributed by atoms with van der Waals surface area (Å²) >= 11 is 0. The molecule has 0 unspecified atom stereocenters. The molecular weight excluding hydrogens is 254 g/mol. The number of hydrazine groups is 1. The number of rotatable bonds is 4. The molecule has 1 saturated heterocycles. The van der Waals surface area contributed by atoms with E-state index < -0.39 is 0 Å². The molecule has 4 N–H and O–H groups in total. The van der Waals surface area contributed by atoms with Crippen LogP contribution in [-0.2, 0) is 0 Å². The zero-order chi connectivity index (χ0) is 14.5. The van der Waals surface area contributed by atoms with Crippen LogP contribution in [0.4, 0.5) is 5.82 Å². The second-order valence-electron chi connectivity index (χ2n) is 5.48. The first kappa shape index (κ1) is 14.7. The summed E-state index contributed by atoms with van der Waals surface area (Å²) in [4.78, 5) is 18.6. The van der Waals surface area contributed by atoms with Crippen molar-refractivity contribution in [2.75, 3.05) is 32.1 Å². The molecule has 0 saturated carbocycles. The van der Waals surface area contributed by atoms with Crippen molar-refractivity contribution in [1.82, 2.24) is 15.2 Å². The van der Waals surface area contributed by atoms with Gasteiger partial charge in [0.15, 0.2) is 0 Å². The van der Waals surface area contributed by atoms with E-state index in [2.05, 4.69) is 27.7 Å². The molecule has 1 aliphatic rings. The Morgan fingerprint density at radius 2 is 2.15 bits per heavy atom. The molecule has 6 nitrogen and oxygen atoms in total. The summed E-state index contributed by atoms with van der Waals surface area (Å²) in [6, 6.07) is 3.43. The van der Waals surface area contributed by atoms with E-state index in [-0.39, 0.29) is 5.91 Å². The van der Waals surface area contributed by atoms with Crippen molar-refractivity contribution in [3.8, 4) is 0 Å². The molecule has 0 radical (unpaired) electrons. The van der Waals surface area contributed by atoms with Crippen molar-refractivity contribution in [3.63, 3.8) is 0 Å². The molecule has 110 valence electrons. The summed E-state index contributed by atoms with van der Waals surface area (Å²) in [6.07, 6.45) is 2.28. The largest absolute Gasteiger partial charge is 0.352 e. The number of amides is 1. The van der Waals surface area contributed by atoms with Crippen LogP contribution in [0.1, 0.15) is 28.9 Å². The molecule has 0 spiro atoms. The Kier molecular flexibility index (Phi) is 4.92. The number of hydrogen-bond donors (Lipinski definition) is 3. The Morgan fingerprint density at radius 3 is 2.80 bits per heavy atom. The van der Waals surface area contributed by atoms with Crippen LogP contribution in [-0.4, -0.2) is 42.5 Å². The van der Waals surface area contributed by atoms with E-state index in [4.69, 9.17) is 5.84 Å².